The van der Waals surface area contributed by atoms with Crippen LogP contribution in [0.1, 0.15) is 33.6 Å². The molecule has 0 spiro atoms. The van der Waals surface area contributed by atoms with Crippen LogP contribution in [0.3, 0.4) is 0 Å². The van der Waals surface area contributed by atoms with Crippen molar-refractivity contribution in [3.8, 4) is 0 Å². The van der Waals surface area contributed by atoms with Crippen LogP contribution in [0.2, 0.25) is 0 Å². The van der Waals surface area contributed by atoms with E-state index in [2.05, 4.69) is 10.3 Å². The van der Waals surface area contributed by atoms with Gasteiger partial charge in [0.15, 0.2) is 5.82 Å². The summed E-state index contributed by atoms with van der Waals surface area (Å²) in [4.78, 5) is 27.3. The fourth-order valence-electron chi connectivity index (χ4n) is 1.95. The van der Waals surface area contributed by atoms with Crippen molar-refractivity contribution in [2.24, 2.45) is 5.41 Å². The summed E-state index contributed by atoms with van der Waals surface area (Å²) >= 11 is 0. The van der Waals surface area contributed by atoms with Gasteiger partial charge in [-0.3, -0.25) is 9.59 Å². The Morgan fingerprint density at radius 1 is 1.42 bits per heavy atom. The zero-order valence-electron chi connectivity index (χ0n) is 11.6. The molecule has 0 radical (unpaired) electrons. The number of hydrogen-bond donors (Lipinski definition) is 2. The lowest BCUT2D eigenvalue weighted by molar-refractivity contribution is -0.148. The first-order valence-corrected chi connectivity index (χ1v) is 6.53. The van der Waals surface area contributed by atoms with Gasteiger partial charge in [-0.25, -0.2) is 4.98 Å². The molecule has 6 nitrogen and oxygen atoms in total. The fraction of sp³-hybridized carbons (Fsp3) is 0.615. The number of hydrogen-bond acceptors (Lipinski definition) is 4. The summed E-state index contributed by atoms with van der Waals surface area (Å²) in [5, 5.41) is 12.2. The Morgan fingerprint density at radius 2 is 2.05 bits per heavy atom. The minimum absolute atomic E-state index is 0.200. The standard InChI is InChI=1S/C13H21N3O3/c1-4-13(5-2,12(18)19)9-15-10-11(17)16(6-3)8-7-14-10/h7-8H,4-6,9H2,1-3H3,(H,14,15)(H,18,19). The summed E-state index contributed by atoms with van der Waals surface area (Å²) in [6.07, 6.45) is 4.15. The number of aliphatic carboxylic acids is 1. The Balaban J connectivity index is 2.92. The van der Waals surface area contributed by atoms with Crippen molar-refractivity contribution in [1.82, 2.24) is 9.55 Å². The first kappa shape index (κ1) is 15.2. The molecule has 0 atom stereocenters. The monoisotopic (exact) mass is 267 g/mol. The molecule has 0 fully saturated rings. The Kier molecular flexibility index (Phi) is 5.09. The van der Waals surface area contributed by atoms with Gasteiger partial charge in [0.05, 0.1) is 5.41 Å². The molecule has 1 aromatic heterocycles. The van der Waals surface area contributed by atoms with Crippen LogP contribution in [-0.2, 0) is 11.3 Å². The van der Waals surface area contributed by atoms with E-state index in [4.69, 9.17) is 0 Å². The largest absolute Gasteiger partial charge is 0.481 e. The lowest BCUT2D eigenvalue weighted by Gasteiger charge is -2.26. The van der Waals surface area contributed by atoms with E-state index in [0.717, 1.165) is 0 Å². The smallest absolute Gasteiger partial charge is 0.311 e. The molecule has 0 aliphatic rings. The number of aromatic nitrogens is 2. The van der Waals surface area contributed by atoms with Gasteiger partial charge in [-0.05, 0) is 19.8 Å². The molecule has 0 unspecified atom stereocenters. The van der Waals surface area contributed by atoms with Gasteiger partial charge < -0.3 is 15.0 Å². The quantitative estimate of drug-likeness (QED) is 0.783. The molecule has 0 aromatic carbocycles. The molecule has 2 N–H and O–H groups in total. The van der Waals surface area contributed by atoms with Crippen molar-refractivity contribution in [3.05, 3.63) is 22.7 Å². The van der Waals surface area contributed by atoms with Crippen molar-refractivity contribution in [3.63, 3.8) is 0 Å². The lowest BCUT2D eigenvalue weighted by atomic mass is 9.82. The van der Waals surface area contributed by atoms with Crippen LogP contribution in [-0.4, -0.2) is 27.2 Å². The molecule has 6 heteroatoms. The number of nitrogens with one attached hydrogen (secondary N) is 1. The van der Waals surface area contributed by atoms with E-state index in [1.54, 1.807) is 6.20 Å². The summed E-state index contributed by atoms with van der Waals surface area (Å²) in [5.41, 5.74) is -1.09. The van der Waals surface area contributed by atoms with Gasteiger partial charge in [-0.1, -0.05) is 13.8 Å². The number of nitrogens with zero attached hydrogens (tertiary/aromatic N) is 2. The third-order valence-corrected chi connectivity index (χ3v) is 3.66. The molecule has 0 saturated carbocycles. The Morgan fingerprint density at radius 3 is 2.53 bits per heavy atom. The third-order valence-electron chi connectivity index (χ3n) is 3.66. The molecule has 1 heterocycles. The molecule has 0 bridgehead atoms. The summed E-state index contributed by atoms with van der Waals surface area (Å²) in [7, 11) is 0. The van der Waals surface area contributed by atoms with E-state index < -0.39 is 11.4 Å². The Hall–Kier alpha value is -1.85. The molecule has 0 saturated heterocycles. The summed E-state index contributed by atoms with van der Waals surface area (Å²) in [5.74, 6) is -0.645. The van der Waals surface area contributed by atoms with Gasteiger partial charge >= 0.3 is 5.97 Å². The van der Waals surface area contributed by atoms with Crippen LogP contribution < -0.4 is 10.9 Å². The van der Waals surface area contributed by atoms with Gasteiger partial charge in [0, 0.05) is 25.5 Å². The molecule has 0 amide bonds. The molecule has 0 aliphatic heterocycles. The van der Waals surface area contributed by atoms with Gasteiger partial charge in [0.1, 0.15) is 0 Å². The van der Waals surface area contributed by atoms with E-state index in [-0.39, 0.29) is 17.9 Å². The average Bonchev–Trinajstić information content (AvgIpc) is 2.41. The number of anilines is 1. The first-order valence-electron chi connectivity index (χ1n) is 6.53. The molecular weight excluding hydrogens is 246 g/mol. The third kappa shape index (κ3) is 3.13. The minimum Gasteiger partial charge on any atom is -0.481 e. The maximum Gasteiger partial charge on any atom is 0.311 e. The van der Waals surface area contributed by atoms with Gasteiger partial charge in [0.2, 0.25) is 0 Å². The number of carbonyl (C=O) groups is 1. The number of aryl methyl sites for hydroxylation is 1. The SMILES string of the molecule is CCn1ccnc(NCC(CC)(CC)C(=O)O)c1=O. The van der Waals surface area contributed by atoms with E-state index >= 15 is 0 Å². The summed E-state index contributed by atoms with van der Waals surface area (Å²) < 4.78 is 1.52. The topological polar surface area (TPSA) is 84.2 Å². The van der Waals surface area contributed by atoms with Gasteiger partial charge in [0.25, 0.3) is 5.56 Å². The average molecular weight is 267 g/mol. The zero-order chi connectivity index (χ0) is 14.5. The van der Waals surface area contributed by atoms with Crippen LogP contribution in [0.5, 0.6) is 0 Å². The van der Waals surface area contributed by atoms with Crippen molar-refractivity contribution in [2.45, 2.75) is 40.2 Å². The van der Waals surface area contributed by atoms with Crippen molar-refractivity contribution >= 4 is 11.8 Å². The molecule has 19 heavy (non-hydrogen) atoms. The van der Waals surface area contributed by atoms with Crippen LogP contribution >= 0.6 is 0 Å². The van der Waals surface area contributed by atoms with E-state index in [1.165, 1.54) is 10.8 Å². The molecule has 1 aromatic rings. The highest BCUT2D eigenvalue weighted by Crippen LogP contribution is 2.26. The van der Waals surface area contributed by atoms with Crippen molar-refractivity contribution in [2.75, 3.05) is 11.9 Å². The second-order valence-corrected chi connectivity index (χ2v) is 4.51. The fourth-order valence-corrected chi connectivity index (χ4v) is 1.95. The maximum absolute atomic E-state index is 12.0. The van der Waals surface area contributed by atoms with Gasteiger partial charge in [-0.15, -0.1) is 0 Å². The highest BCUT2D eigenvalue weighted by atomic mass is 16.4. The second kappa shape index (κ2) is 6.36. The summed E-state index contributed by atoms with van der Waals surface area (Å²) in [6, 6.07) is 0. The van der Waals surface area contributed by atoms with Crippen molar-refractivity contribution < 1.29 is 9.90 Å². The van der Waals surface area contributed by atoms with Crippen LogP contribution in [0.15, 0.2) is 17.2 Å². The van der Waals surface area contributed by atoms with Crippen LogP contribution in [0.4, 0.5) is 5.82 Å². The highest BCUT2D eigenvalue weighted by Gasteiger charge is 2.34. The Labute approximate surface area is 112 Å². The summed E-state index contributed by atoms with van der Waals surface area (Å²) in [6.45, 7) is 6.29. The van der Waals surface area contributed by atoms with E-state index in [0.29, 0.717) is 19.4 Å². The number of rotatable bonds is 7. The number of carboxylic acids is 1. The number of carboxylic acid groups (broad SMARTS) is 1. The van der Waals surface area contributed by atoms with Crippen LogP contribution in [0.25, 0.3) is 0 Å². The first-order chi connectivity index (χ1) is 9.00. The van der Waals surface area contributed by atoms with Gasteiger partial charge in [-0.2, -0.15) is 0 Å². The molecule has 1 rings (SSSR count). The zero-order valence-corrected chi connectivity index (χ0v) is 11.6. The van der Waals surface area contributed by atoms with Crippen molar-refractivity contribution in [1.29, 1.82) is 0 Å². The predicted octanol–water partition coefficient (Wildman–Crippen LogP) is 1.57. The van der Waals surface area contributed by atoms with Crippen LogP contribution in [0, 0.1) is 5.41 Å². The van der Waals surface area contributed by atoms with E-state index in [1.807, 2.05) is 20.8 Å². The predicted molar refractivity (Wildman–Crippen MR) is 73.3 cm³/mol. The molecule has 0 aliphatic carbocycles. The molecular formula is C13H21N3O3. The maximum atomic E-state index is 12.0. The normalized spacial score (nSPS) is 11.3. The second-order valence-electron chi connectivity index (χ2n) is 4.51. The lowest BCUT2D eigenvalue weighted by Crippen LogP contribution is -2.38. The van der Waals surface area contributed by atoms with E-state index in [9.17, 15) is 14.7 Å². The minimum atomic E-state index is -0.860. The molecule has 106 valence electrons. The highest BCUT2D eigenvalue weighted by molar-refractivity contribution is 5.75. The Bertz CT molecular complexity index is 492.